The van der Waals surface area contributed by atoms with Gasteiger partial charge in [0.1, 0.15) is 0 Å². The van der Waals surface area contributed by atoms with Crippen LogP contribution in [-0.2, 0) is 0 Å². The van der Waals surface area contributed by atoms with E-state index in [1.807, 2.05) is 6.26 Å². The molecule has 0 bridgehead atoms. The minimum absolute atomic E-state index is 0.0395. The van der Waals surface area contributed by atoms with Crippen LogP contribution in [0.2, 0.25) is 0 Å². The first-order valence-electron chi connectivity index (χ1n) is 8.39. The van der Waals surface area contributed by atoms with E-state index in [0.717, 1.165) is 36.2 Å². The summed E-state index contributed by atoms with van der Waals surface area (Å²) in [5.41, 5.74) is 5.81. The average Bonchev–Trinajstić information content (AvgIpc) is 2.93. The third kappa shape index (κ3) is 3.80. The number of hydrogen-bond donors (Lipinski definition) is 1. The molecule has 0 aromatic heterocycles. The van der Waals surface area contributed by atoms with Gasteiger partial charge in [0.05, 0.1) is 17.6 Å². The number of halogens is 1. The van der Waals surface area contributed by atoms with Crippen molar-refractivity contribution in [2.45, 2.75) is 63.2 Å². The van der Waals surface area contributed by atoms with E-state index in [9.17, 15) is 0 Å². The summed E-state index contributed by atoms with van der Waals surface area (Å²) in [6.07, 6.45) is 13.3. The van der Waals surface area contributed by atoms with E-state index >= 15 is 0 Å². The van der Waals surface area contributed by atoms with E-state index < -0.39 is 0 Å². The number of hydrogen-bond acceptors (Lipinski definition) is 5. The van der Waals surface area contributed by atoms with E-state index in [0.29, 0.717) is 0 Å². The van der Waals surface area contributed by atoms with Gasteiger partial charge in [-0.2, -0.15) is 4.99 Å². The maximum Gasteiger partial charge on any atom is 0.247 e. The first-order valence-corrected chi connectivity index (χ1v) is 10.1. The number of allylic oxidation sites excluding steroid dienone is 1. The molecule has 22 heavy (non-hydrogen) atoms. The summed E-state index contributed by atoms with van der Waals surface area (Å²) in [6, 6.07) is 0. The highest BCUT2D eigenvalue weighted by atomic mass is 35.5. The van der Waals surface area contributed by atoms with Gasteiger partial charge in [-0.3, -0.25) is 5.43 Å². The summed E-state index contributed by atoms with van der Waals surface area (Å²) in [6.45, 7) is 0.866. The van der Waals surface area contributed by atoms with Gasteiger partial charge in [0, 0.05) is 0 Å². The Bertz CT molecular complexity index is 500. The van der Waals surface area contributed by atoms with Crippen molar-refractivity contribution in [3.63, 3.8) is 0 Å². The SMILES string of the molecule is CSC1=NC2=NC3=C(CCCCCCCCCC3Cl)CN2N1. The topological polar surface area (TPSA) is 40.0 Å². The molecule has 122 valence electrons. The van der Waals surface area contributed by atoms with Gasteiger partial charge in [-0.25, -0.2) is 10.0 Å². The molecule has 1 aliphatic carbocycles. The lowest BCUT2D eigenvalue weighted by Gasteiger charge is -2.28. The molecule has 1 N–H and O–H groups in total. The maximum absolute atomic E-state index is 6.69. The summed E-state index contributed by atoms with van der Waals surface area (Å²) in [4.78, 5) is 9.34. The standard InChI is InChI=1S/C16H25ClN4S/c1-22-16-19-15-18-14-12(11-21(15)20-16)9-7-5-3-2-4-6-8-10-13(14)17/h13H,2-11H2,1H3,(H,18,19,20). The van der Waals surface area contributed by atoms with Gasteiger partial charge in [0.15, 0.2) is 5.17 Å². The molecule has 0 saturated heterocycles. The highest BCUT2D eigenvalue weighted by Gasteiger charge is 2.29. The van der Waals surface area contributed by atoms with Gasteiger partial charge < -0.3 is 0 Å². The van der Waals surface area contributed by atoms with Crippen molar-refractivity contribution in [3.05, 3.63) is 11.3 Å². The highest BCUT2D eigenvalue weighted by molar-refractivity contribution is 8.13. The second-order valence-electron chi connectivity index (χ2n) is 6.20. The normalized spacial score (nSPS) is 27.0. The van der Waals surface area contributed by atoms with E-state index in [1.165, 1.54) is 50.5 Å². The van der Waals surface area contributed by atoms with Crippen molar-refractivity contribution >= 4 is 34.5 Å². The first kappa shape index (κ1) is 16.2. The number of nitrogens with zero attached hydrogens (tertiary/aromatic N) is 3. The molecule has 3 rings (SSSR count). The van der Waals surface area contributed by atoms with E-state index in [-0.39, 0.29) is 5.38 Å². The zero-order chi connectivity index (χ0) is 15.4. The molecule has 0 spiro atoms. The molecule has 2 aliphatic heterocycles. The van der Waals surface area contributed by atoms with E-state index in [4.69, 9.17) is 16.6 Å². The number of nitrogens with one attached hydrogen (secondary N) is 1. The molecule has 6 heteroatoms. The minimum Gasteiger partial charge on any atom is -0.273 e. The number of alkyl halides is 1. The molecule has 1 atom stereocenters. The molecular weight excluding hydrogens is 316 g/mol. The third-order valence-electron chi connectivity index (χ3n) is 4.53. The van der Waals surface area contributed by atoms with Crippen molar-refractivity contribution < 1.29 is 0 Å². The van der Waals surface area contributed by atoms with Gasteiger partial charge in [-0.15, -0.1) is 11.6 Å². The number of thioether (sulfide) groups is 1. The average molecular weight is 341 g/mol. The summed E-state index contributed by atoms with van der Waals surface area (Å²) >= 11 is 8.31. The van der Waals surface area contributed by atoms with Crippen LogP contribution in [0.1, 0.15) is 57.8 Å². The maximum atomic E-state index is 6.69. The number of rotatable bonds is 0. The molecule has 0 saturated carbocycles. The molecule has 0 radical (unpaired) electrons. The number of amidine groups is 1. The Balaban J connectivity index is 1.80. The van der Waals surface area contributed by atoms with Crippen LogP contribution in [-0.4, -0.2) is 34.3 Å². The number of fused-ring (bicyclic) bond motifs is 1. The molecule has 0 amide bonds. The Labute approximate surface area is 142 Å². The number of aliphatic imine (C=N–C) groups is 2. The largest absolute Gasteiger partial charge is 0.273 e. The summed E-state index contributed by atoms with van der Waals surface area (Å²) in [5.74, 6) is 0.779. The van der Waals surface area contributed by atoms with Gasteiger partial charge in [0.25, 0.3) is 0 Å². The Morgan fingerprint density at radius 3 is 2.59 bits per heavy atom. The van der Waals surface area contributed by atoms with Crippen LogP contribution in [0.4, 0.5) is 0 Å². The van der Waals surface area contributed by atoms with Crippen LogP contribution in [0.5, 0.6) is 0 Å². The fourth-order valence-corrected chi connectivity index (χ4v) is 4.00. The number of hydrazine groups is 1. The van der Waals surface area contributed by atoms with Crippen LogP contribution >= 0.6 is 23.4 Å². The van der Waals surface area contributed by atoms with Crippen LogP contribution in [0.15, 0.2) is 21.3 Å². The lowest BCUT2D eigenvalue weighted by molar-refractivity contribution is 0.401. The molecule has 0 aromatic rings. The van der Waals surface area contributed by atoms with Crippen molar-refractivity contribution in [1.82, 2.24) is 10.4 Å². The molecule has 2 heterocycles. The zero-order valence-electron chi connectivity index (χ0n) is 13.3. The van der Waals surface area contributed by atoms with Crippen molar-refractivity contribution in [3.8, 4) is 0 Å². The molecule has 1 unspecified atom stereocenters. The summed E-state index contributed by atoms with van der Waals surface area (Å²) in [5, 5.41) is 3.01. The van der Waals surface area contributed by atoms with Crippen molar-refractivity contribution in [1.29, 1.82) is 0 Å². The van der Waals surface area contributed by atoms with Gasteiger partial charge >= 0.3 is 0 Å². The number of guanidine groups is 1. The lowest BCUT2D eigenvalue weighted by Crippen LogP contribution is -2.41. The monoisotopic (exact) mass is 340 g/mol. The third-order valence-corrected chi connectivity index (χ3v) is 5.53. The Morgan fingerprint density at radius 1 is 1.09 bits per heavy atom. The van der Waals surface area contributed by atoms with Gasteiger partial charge in [-0.1, -0.05) is 50.3 Å². The molecule has 4 nitrogen and oxygen atoms in total. The first-order chi connectivity index (χ1) is 10.8. The molecule has 0 fully saturated rings. The summed E-state index contributed by atoms with van der Waals surface area (Å²) < 4.78 is 0. The van der Waals surface area contributed by atoms with Gasteiger partial charge in [0.2, 0.25) is 5.96 Å². The lowest BCUT2D eigenvalue weighted by atomic mass is 9.97. The molecule has 3 aliphatic rings. The van der Waals surface area contributed by atoms with Crippen molar-refractivity contribution in [2.24, 2.45) is 9.98 Å². The predicted molar refractivity (Wildman–Crippen MR) is 96.4 cm³/mol. The second-order valence-corrected chi connectivity index (χ2v) is 7.52. The second kappa shape index (κ2) is 7.73. The van der Waals surface area contributed by atoms with Crippen LogP contribution in [0.3, 0.4) is 0 Å². The van der Waals surface area contributed by atoms with Crippen LogP contribution in [0.25, 0.3) is 0 Å². The Morgan fingerprint density at radius 2 is 1.82 bits per heavy atom. The summed E-state index contributed by atoms with van der Waals surface area (Å²) in [7, 11) is 0. The minimum atomic E-state index is 0.0395. The van der Waals surface area contributed by atoms with Crippen molar-refractivity contribution in [2.75, 3.05) is 12.8 Å². The fraction of sp³-hybridized carbons (Fsp3) is 0.750. The Kier molecular flexibility index (Phi) is 5.69. The quantitative estimate of drug-likeness (QED) is 0.669. The molecular formula is C16H25ClN4S. The van der Waals surface area contributed by atoms with Crippen LogP contribution < -0.4 is 5.43 Å². The Hall–Kier alpha value is -0.680. The molecule has 0 aromatic carbocycles. The van der Waals surface area contributed by atoms with Gasteiger partial charge in [-0.05, 0) is 31.1 Å². The van der Waals surface area contributed by atoms with Crippen LogP contribution in [0, 0.1) is 0 Å². The smallest absolute Gasteiger partial charge is 0.247 e. The van der Waals surface area contributed by atoms with E-state index in [2.05, 4.69) is 15.4 Å². The fourth-order valence-electron chi connectivity index (χ4n) is 3.27. The highest BCUT2D eigenvalue weighted by Crippen LogP contribution is 2.30. The predicted octanol–water partition coefficient (Wildman–Crippen LogP) is 4.28. The zero-order valence-corrected chi connectivity index (χ0v) is 14.8. The van der Waals surface area contributed by atoms with E-state index in [1.54, 1.807) is 11.8 Å².